The number of hydrogen-bond acceptors (Lipinski definition) is 3. The van der Waals surface area contributed by atoms with Gasteiger partial charge >= 0.3 is 0 Å². The van der Waals surface area contributed by atoms with Crippen LogP contribution in [0.15, 0.2) is 24.8 Å². The highest BCUT2D eigenvalue weighted by molar-refractivity contribution is 6.74. The van der Waals surface area contributed by atoms with Crippen molar-refractivity contribution < 1.29 is 13.6 Å². The van der Waals surface area contributed by atoms with Gasteiger partial charge in [-0.2, -0.15) is 0 Å². The number of carbonyl (C=O) groups is 1. The molecule has 0 spiro atoms. The number of carbonyl (C=O) groups excluding carboxylic acids is 1. The standard InChI is InChI=1S/C28H54O3Si2/c1-13-15-16-18-22(30-32(9,10)27(3,4)5)19-20-23-24(17-14-2)26(21-25(23)29)31-33(11,12)28(6,7)8/h14,19-20,22-24,26H,2,13,15-18,21H2,1,3-12H3/t22-,23+,24-,26-/m0/s1. The molecule has 0 aliphatic heterocycles. The van der Waals surface area contributed by atoms with Gasteiger partial charge in [0.15, 0.2) is 16.6 Å². The fourth-order valence-corrected chi connectivity index (χ4v) is 6.65. The predicted molar refractivity (Wildman–Crippen MR) is 149 cm³/mol. The maximum atomic E-state index is 13.1. The second-order valence-electron chi connectivity index (χ2n) is 13.1. The van der Waals surface area contributed by atoms with E-state index in [9.17, 15) is 4.79 Å². The molecule has 1 fully saturated rings. The van der Waals surface area contributed by atoms with E-state index in [-0.39, 0.29) is 34.1 Å². The Morgan fingerprint density at radius 2 is 1.61 bits per heavy atom. The van der Waals surface area contributed by atoms with Crippen molar-refractivity contribution in [1.82, 2.24) is 0 Å². The molecule has 0 bridgehead atoms. The molecular formula is C28H54O3Si2. The second-order valence-corrected chi connectivity index (χ2v) is 22.6. The summed E-state index contributed by atoms with van der Waals surface area (Å²) in [7, 11) is -3.84. The van der Waals surface area contributed by atoms with E-state index in [2.05, 4.69) is 93.4 Å². The molecule has 0 N–H and O–H groups in total. The van der Waals surface area contributed by atoms with Gasteiger partial charge in [0.05, 0.1) is 12.2 Å². The topological polar surface area (TPSA) is 35.5 Å². The molecule has 0 aromatic carbocycles. The summed E-state index contributed by atoms with van der Waals surface area (Å²) in [6, 6.07) is 0. The lowest BCUT2D eigenvalue weighted by Crippen LogP contribution is -2.45. The zero-order chi connectivity index (χ0) is 25.7. The molecule has 0 unspecified atom stereocenters. The van der Waals surface area contributed by atoms with Gasteiger partial charge in [0, 0.05) is 18.3 Å². The Morgan fingerprint density at radius 1 is 1.03 bits per heavy atom. The van der Waals surface area contributed by atoms with E-state index in [0.29, 0.717) is 12.2 Å². The van der Waals surface area contributed by atoms with E-state index in [1.165, 1.54) is 12.8 Å². The first kappa shape index (κ1) is 30.5. The number of ketones is 1. The average molecular weight is 495 g/mol. The van der Waals surface area contributed by atoms with Crippen molar-refractivity contribution in [1.29, 1.82) is 0 Å². The number of hydrogen-bond donors (Lipinski definition) is 0. The fourth-order valence-electron chi connectivity index (χ4n) is 3.97. The Morgan fingerprint density at radius 3 is 2.09 bits per heavy atom. The van der Waals surface area contributed by atoms with Crippen molar-refractivity contribution in [3.63, 3.8) is 0 Å². The van der Waals surface area contributed by atoms with Crippen molar-refractivity contribution in [3.05, 3.63) is 24.8 Å². The third-order valence-corrected chi connectivity index (χ3v) is 17.3. The van der Waals surface area contributed by atoms with Gasteiger partial charge in [-0.3, -0.25) is 4.79 Å². The van der Waals surface area contributed by atoms with Crippen molar-refractivity contribution in [2.45, 2.75) is 135 Å². The number of Topliss-reactive ketones (excluding diaryl/α,β-unsaturated/α-hetero) is 1. The summed E-state index contributed by atoms with van der Waals surface area (Å²) in [5.74, 6) is 0.375. The number of unbranched alkanes of at least 4 members (excludes halogenated alkanes) is 2. The highest BCUT2D eigenvalue weighted by Gasteiger charge is 2.47. The average Bonchev–Trinajstić information content (AvgIpc) is 2.92. The van der Waals surface area contributed by atoms with Crippen LogP contribution in [0, 0.1) is 11.8 Å². The Balaban J connectivity index is 3.11. The molecule has 0 aromatic heterocycles. The molecule has 1 saturated carbocycles. The maximum absolute atomic E-state index is 13.1. The van der Waals surface area contributed by atoms with Gasteiger partial charge in [-0.15, -0.1) is 6.58 Å². The summed E-state index contributed by atoms with van der Waals surface area (Å²) in [6.45, 7) is 29.1. The fraction of sp³-hybridized carbons (Fsp3) is 0.821. The smallest absolute Gasteiger partial charge is 0.192 e. The van der Waals surface area contributed by atoms with Gasteiger partial charge in [-0.1, -0.05) is 86.0 Å². The molecule has 0 heterocycles. The number of rotatable bonds is 12. The zero-order valence-electron chi connectivity index (χ0n) is 23.7. The van der Waals surface area contributed by atoms with Crippen LogP contribution in [0.3, 0.4) is 0 Å². The molecule has 0 amide bonds. The largest absolute Gasteiger partial charge is 0.413 e. The lowest BCUT2D eigenvalue weighted by Gasteiger charge is -2.40. The van der Waals surface area contributed by atoms with Crippen molar-refractivity contribution >= 4 is 22.4 Å². The van der Waals surface area contributed by atoms with Crippen LogP contribution < -0.4 is 0 Å². The number of allylic oxidation sites excluding steroid dienone is 2. The van der Waals surface area contributed by atoms with Gasteiger partial charge in [-0.25, -0.2) is 0 Å². The summed E-state index contributed by atoms with van der Waals surface area (Å²) in [6.07, 6.45) is 12.3. The molecule has 5 heteroatoms. The molecule has 0 aromatic rings. The first-order valence-corrected chi connectivity index (χ1v) is 19.0. The molecule has 1 aliphatic carbocycles. The minimum Gasteiger partial charge on any atom is -0.413 e. The molecule has 192 valence electrons. The third-order valence-electron chi connectivity index (χ3n) is 8.28. The summed E-state index contributed by atoms with van der Waals surface area (Å²) in [5, 5.41) is 0.296. The van der Waals surface area contributed by atoms with Crippen molar-refractivity contribution in [2.75, 3.05) is 0 Å². The van der Waals surface area contributed by atoms with Crippen LogP contribution in [-0.2, 0) is 13.6 Å². The third kappa shape index (κ3) is 8.59. The molecule has 4 atom stereocenters. The Hall–Kier alpha value is -0.496. The van der Waals surface area contributed by atoms with Gasteiger partial charge in [0.2, 0.25) is 0 Å². The first-order valence-electron chi connectivity index (χ1n) is 13.1. The monoisotopic (exact) mass is 494 g/mol. The van der Waals surface area contributed by atoms with Crippen LogP contribution in [0.1, 0.15) is 87.0 Å². The molecule has 0 radical (unpaired) electrons. The minimum absolute atomic E-state index is 0.00843. The van der Waals surface area contributed by atoms with Gasteiger partial charge in [0.25, 0.3) is 0 Å². The zero-order valence-corrected chi connectivity index (χ0v) is 25.7. The van der Waals surface area contributed by atoms with E-state index in [4.69, 9.17) is 8.85 Å². The van der Waals surface area contributed by atoms with Gasteiger partial charge < -0.3 is 8.85 Å². The summed E-state index contributed by atoms with van der Waals surface area (Å²) in [4.78, 5) is 13.1. The van der Waals surface area contributed by atoms with E-state index in [1.807, 2.05) is 6.08 Å². The van der Waals surface area contributed by atoms with E-state index in [1.54, 1.807) is 0 Å². The summed E-state index contributed by atoms with van der Waals surface area (Å²) >= 11 is 0. The molecule has 1 aliphatic rings. The highest BCUT2D eigenvalue weighted by Crippen LogP contribution is 2.43. The van der Waals surface area contributed by atoms with Crippen LogP contribution in [0.4, 0.5) is 0 Å². The maximum Gasteiger partial charge on any atom is 0.192 e. The first-order chi connectivity index (χ1) is 15.0. The normalized spacial score (nSPS) is 24.0. The van der Waals surface area contributed by atoms with Crippen molar-refractivity contribution in [3.8, 4) is 0 Å². The lowest BCUT2D eigenvalue weighted by atomic mass is 9.90. The van der Waals surface area contributed by atoms with Crippen LogP contribution in [0.25, 0.3) is 0 Å². The van der Waals surface area contributed by atoms with Gasteiger partial charge in [-0.05, 0) is 49.1 Å². The molecule has 1 rings (SSSR count). The Labute approximate surface area is 208 Å². The predicted octanol–water partition coefficient (Wildman–Crippen LogP) is 8.69. The van der Waals surface area contributed by atoms with Gasteiger partial charge in [0.1, 0.15) is 5.78 Å². The quantitative estimate of drug-likeness (QED) is 0.155. The Bertz CT molecular complexity index is 668. The SMILES string of the molecule is C=CC[C@@H]1[C@@H](O[Si](C)(C)C(C)(C)C)CC(=O)[C@@H]1C=C[C@H](CCCCC)O[Si](C)(C)C(C)(C)C. The summed E-state index contributed by atoms with van der Waals surface area (Å²) in [5.41, 5.74) is 0. The second kappa shape index (κ2) is 12.0. The van der Waals surface area contributed by atoms with E-state index < -0.39 is 16.6 Å². The van der Waals surface area contributed by atoms with E-state index in [0.717, 1.165) is 19.3 Å². The lowest BCUT2D eigenvalue weighted by molar-refractivity contribution is -0.120. The highest BCUT2D eigenvalue weighted by atomic mass is 28.4. The summed E-state index contributed by atoms with van der Waals surface area (Å²) < 4.78 is 13.5. The van der Waals surface area contributed by atoms with E-state index >= 15 is 0 Å². The molecule has 0 saturated heterocycles. The molecule has 33 heavy (non-hydrogen) atoms. The van der Waals surface area contributed by atoms with Crippen molar-refractivity contribution in [2.24, 2.45) is 11.8 Å². The molecular weight excluding hydrogens is 440 g/mol. The Kier molecular flexibility index (Phi) is 11.1. The van der Waals surface area contributed by atoms with Crippen LogP contribution >= 0.6 is 0 Å². The minimum atomic E-state index is -1.95. The molecule has 3 nitrogen and oxygen atoms in total. The van der Waals surface area contributed by atoms with Crippen LogP contribution in [-0.4, -0.2) is 34.6 Å². The van der Waals surface area contributed by atoms with Crippen LogP contribution in [0.2, 0.25) is 36.3 Å². The van der Waals surface area contributed by atoms with Crippen LogP contribution in [0.5, 0.6) is 0 Å².